The molecule has 2 rings (SSSR count). The Hall–Kier alpha value is -0.900. The number of aliphatic hydroxyl groups excluding tert-OH is 1. The van der Waals surface area contributed by atoms with Crippen molar-refractivity contribution in [2.45, 2.75) is 31.3 Å². The van der Waals surface area contributed by atoms with Gasteiger partial charge >= 0.3 is 0 Å². The molecular formula is C15H24N2O. The molecule has 1 aromatic rings. The van der Waals surface area contributed by atoms with Crippen molar-refractivity contribution in [3.05, 3.63) is 35.9 Å². The van der Waals surface area contributed by atoms with E-state index in [9.17, 15) is 5.11 Å². The number of hydrogen-bond acceptors (Lipinski definition) is 3. The fourth-order valence-electron chi connectivity index (χ4n) is 2.85. The van der Waals surface area contributed by atoms with Crippen LogP contribution < -0.4 is 5.32 Å². The average molecular weight is 248 g/mol. The lowest BCUT2D eigenvalue weighted by atomic mass is 10.0. The highest BCUT2D eigenvalue weighted by atomic mass is 16.3. The van der Waals surface area contributed by atoms with E-state index >= 15 is 0 Å². The summed E-state index contributed by atoms with van der Waals surface area (Å²) in [5, 5.41) is 12.7. The van der Waals surface area contributed by atoms with Gasteiger partial charge in [-0.2, -0.15) is 0 Å². The van der Waals surface area contributed by atoms with E-state index in [1.165, 1.54) is 12.0 Å². The van der Waals surface area contributed by atoms with Gasteiger partial charge in [-0.05, 0) is 38.4 Å². The van der Waals surface area contributed by atoms with Crippen molar-refractivity contribution < 1.29 is 5.11 Å². The van der Waals surface area contributed by atoms with E-state index < -0.39 is 0 Å². The van der Waals surface area contributed by atoms with E-state index in [1.807, 2.05) is 7.05 Å². The predicted molar refractivity (Wildman–Crippen MR) is 74.5 cm³/mol. The zero-order chi connectivity index (χ0) is 12.8. The Morgan fingerprint density at radius 1 is 1.39 bits per heavy atom. The standard InChI is InChI=1S/C15H24N2O/c1-16-15(13-6-3-2-4-7-13)9-11-17-10-5-8-14(17)12-18/h2-4,6-7,14-16,18H,5,8-12H2,1H3. The van der Waals surface area contributed by atoms with Crippen molar-refractivity contribution >= 4 is 0 Å². The third kappa shape index (κ3) is 3.31. The third-order valence-electron chi connectivity index (χ3n) is 3.97. The number of hydrogen-bond donors (Lipinski definition) is 2. The van der Waals surface area contributed by atoms with Gasteiger partial charge in [0.25, 0.3) is 0 Å². The van der Waals surface area contributed by atoms with Crippen LogP contribution in [0, 0.1) is 0 Å². The monoisotopic (exact) mass is 248 g/mol. The first-order valence-corrected chi connectivity index (χ1v) is 6.92. The number of aliphatic hydroxyl groups is 1. The van der Waals surface area contributed by atoms with E-state index in [0.717, 1.165) is 25.9 Å². The first-order valence-electron chi connectivity index (χ1n) is 6.92. The van der Waals surface area contributed by atoms with Crippen LogP contribution in [-0.2, 0) is 0 Å². The molecule has 0 bridgehead atoms. The molecule has 2 unspecified atom stereocenters. The summed E-state index contributed by atoms with van der Waals surface area (Å²) in [7, 11) is 2.02. The van der Waals surface area contributed by atoms with Crippen molar-refractivity contribution in [2.75, 3.05) is 26.7 Å². The molecule has 0 aliphatic carbocycles. The zero-order valence-electron chi connectivity index (χ0n) is 11.2. The molecule has 2 atom stereocenters. The van der Waals surface area contributed by atoms with Gasteiger partial charge in [0, 0.05) is 18.6 Å². The van der Waals surface area contributed by atoms with Gasteiger partial charge in [0.2, 0.25) is 0 Å². The molecular weight excluding hydrogens is 224 g/mol. The van der Waals surface area contributed by atoms with Gasteiger partial charge in [-0.15, -0.1) is 0 Å². The Morgan fingerprint density at radius 2 is 2.17 bits per heavy atom. The Kier molecular flexibility index (Phi) is 5.17. The van der Waals surface area contributed by atoms with E-state index in [-0.39, 0.29) is 0 Å². The van der Waals surface area contributed by atoms with Crippen LogP contribution in [0.5, 0.6) is 0 Å². The topological polar surface area (TPSA) is 35.5 Å². The smallest absolute Gasteiger partial charge is 0.0586 e. The second-order valence-corrected chi connectivity index (χ2v) is 5.06. The number of nitrogens with zero attached hydrogens (tertiary/aromatic N) is 1. The second-order valence-electron chi connectivity index (χ2n) is 5.06. The molecule has 3 heteroatoms. The molecule has 18 heavy (non-hydrogen) atoms. The number of rotatable bonds is 6. The summed E-state index contributed by atoms with van der Waals surface area (Å²) in [6.45, 7) is 2.50. The van der Waals surface area contributed by atoms with Gasteiger partial charge in [-0.1, -0.05) is 30.3 Å². The van der Waals surface area contributed by atoms with Crippen LogP contribution in [-0.4, -0.2) is 42.8 Å². The number of benzene rings is 1. The second kappa shape index (κ2) is 6.88. The molecule has 1 fully saturated rings. The highest BCUT2D eigenvalue weighted by Crippen LogP contribution is 2.21. The Labute approximate surface area is 110 Å². The highest BCUT2D eigenvalue weighted by molar-refractivity contribution is 5.18. The van der Waals surface area contributed by atoms with Crippen LogP contribution in [0.1, 0.15) is 30.9 Å². The largest absolute Gasteiger partial charge is 0.395 e. The van der Waals surface area contributed by atoms with Gasteiger partial charge in [0.1, 0.15) is 0 Å². The lowest BCUT2D eigenvalue weighted by Crippen LogP contribution is -2.34. The van der Waals surface area contributed by atoms with E-state index in [2.05, 4.69) is 40.5 Å². The molecule has 2 N–H and O–H groups in total. The normalized spacial score (nSPS) is 22.2. The van der Waals surface area contributed by atoms with Crippen molar-refractivity contribution in [2.24, 2.45) is 0 Å². The average Bonchev–Trinajstić information content (AvgIpc) is 2.88. The zero-order valence-corrected chi connectivity index (χ0v) is 11.2. The van der Waals surface area contributed by atoms with Crippen LogP contribution in [0.15, 0.2) is 30.3 Å². The summed E-state index contributed by atoms with van der Waals surface area (Å²) in [6.07, 6.45) is 3.46. The van der Waals surface area contributed by atoms with Crippen LogP contribution in [0.4, 0.5) is 0 Å². The van der Waals surface area contributed by atoms with Gasteiger partial charge in [0.05, 0.1) is 6.61 Å². The van der Waals surface area contributed by atoms with Crippen molar-refractivity contribution in [3.8, 4) is 0 Å². The summed E-state index contributed by atoms with van der Waals surface area (Å²) < 4.78 is 0. The molecule has 1 aromatic carbocycles. The van der Waals surface area contributed by atoms with Gasteiger partial charge < -0.3 is 10.4 Å². The summed E-state index contributed by atoms with van der Waals surface area (Å²) in [4.78, 5) is 2.42. The molecule has 1 saturated heterocycles. The fourth-order valence-corrected chi connectivity index (χ4v) is 2.85. The minimum Gasteiger partial charge on any atom is -0.395 e. The molecule has 1 heterocycles. The van der Waals surface area contributed by atoms with Crippen LogP contribution in [0.2, 0.25) is 0 Å². The quantitative estimate of drug-likeness (QED) is 0.806. The van der Waals surface area contributed by atoms with Gasteiger partial charge in [-0.25, -0.2) is 0 Å². The van der Waals surface area contributed by atoms with Gasteiger partial charge in [0.15, 0.2) is 0 Å². The molecule has 0 saturated carbocycles. The molecule has 1 aliphatic rings. The molecule has 3 nitrogen and oxygen atoms in total. The minimum absolute atomic E-state index is 0.301. The fraction of sp³-hybridized carbons (Fsp3) is 0.600. The van der Waals surface area contributed by atoms with E-state index in [0.29, 0.717) is 18.7 Å². The predicted octanol–water partition coefficient (Wildman–Crippen LogP) is 1.79. The Bertz CT molecular complexity index is 342. The SMILES string of the molecule is CNC(CCN1CCCC1CO)c1ccccc1. The Morgan fingerprint density at radius 3 is 2.83 bits per heavy atom. The first-order chi connectivity index (χ1) is 8.85. The maximum Gasteiger partial charge on any atom is 0.0586 e. The first kappa shape index (κ1) is 13.5. The lowest BCUT2D eigenvalue weighted by molar-refractivity contribution is 0.154. The van der Waals surface area contributed by atoms with Crippen LogP contribution >= 0.6 is 0 Å². The maximum absolute atomic E-state index is 9.32. The van der Waals surface area contributed by atoms with Crippen molar-refractivity contribution in [1.29, 1.82) is 0 Å². The lowest BCUT2D eigenvalue weighted by Gasteiger charge is -2.25. The number of likely N-dealkylation sites (tertiary alicyclic amines) is 1. The Balaban J connectivity index is 1.88. The summed E-state index contributed by atoms with van der Waals surface area (Å²) in [5.41, 5.74) is 1.35. The molecule has 0 amide bonds. The van der Waals surface area contributed by atoms with Crippen molar-refractivity contribution in [3.63, 3.8) is 0 Å². The summed E-state index contributed by atoms with van der Waals surface area (Å²) >= 11 is 0. The highest BCUT2D eigenvalue weighted by Gasteiger charge is 2.24. The van der Waals surface area contributed by atoms with Crippen LogP contribution in [0.25, 0.3) is 0 Å². The van der Waals surface area contributed by atoms with Crippen molar-refractivity contribution in [1.82, 2.24) is 10.2 Å². The summed E-state index contributed by atoms with van der Waals surface area (Å²) in [5.74, 6) is 0. The molecule has 0 aromatic heterocycles. The third-order valence-corrected chi connectivity index (χ3v) is 3.97. The molecule has 100 valence electrons. The minimum atomic E-state index is 0.301. The number of nitrogens with one attached hydrogen (secondary N) is 1. The maximum atomic E-state index is 9.32. The van der Waals surface area contributed by atoms with E-state index in [4.69, 9.17) is 0 Å². The molecule has 0 radical (unpaired) electrons. The molecule has 1 aliphatic heterocycles. The molecule has 0 spiro atoms. The van der Waals surface area contributed by atoms with E-state index in [1.54, 1.807) is 0 Å². The van der Waals surface area contributed by atoms with Gasteiger partial charge in [-0.3, -0.25) is 4.90 Å². The summed E-state index contributed by atoms with van der Waals surface area (Å²) in [6, 6.07) is 11.4. The van der Waals surface area contributed by atoms with Crippen LogP contribution in [0.3, 0.4) is 0 Å².